The topological polar surface area (TPSA) is 110 Å². The fourth-order valence-corrected chi connectivity index (χ4v) is 4.28. The molecule has 0 radical (unpaired) electrons. The lowest BCUT2D eigenvalue weighted by atomic mass is 10.2. The van der Waals surface area contributed by atoms with Gasteiger partial charge in [-0.05, 0) is 32.0 Å². The number of ether oxygens (including phenoxy) is 1. The van der Waals surface area contributed by atoms with Gasteiger partial charge in [0.25, 0.3) is 5.91 Å². The Labute approximate surface area is 157 Å². The summed E-state index contributed by atoms with van der Waals surface area (Å²) in [6, 6.07) is 3.93. The van der Waals surface area contributed by atoms with Crippen LogP contribution in [0.1, 0.15) is 49.0 Å². The molecule has 2 aromatic rings. The second-order valence-corrected chi connectivity index (χ2v) is 8.89. The normalized spacial score (nSPS) is 11.8. The van der Waals surface area contributed by atoms with E-state index in [0.29, 0.717) is 5.13 Å². The predicted octanol–water partition coefficient (Wildman–Crippen LogP) is 2.61. The van der Waals surface area contributed by atoms with Gasteiger partial charge in [0.1, 0.15) is 15.7 Å². The standard InChI is InChI=1S/C16H22N4O4S2/c1-9(2)15-18-19-16(25-15)17-14(21)11-6-7-12(24-5)13(8-11)26(22,23)20-10(3)4/h6-10,20H,1-5H3,(H,17,19,21). The van der Waals surface area contributed by atoms with Crippen LogP contribution in [0.25, 0.3) is 0 Å². The number of carbonyl (C=O) groups excluding carboxylic acids is 1. The van der Waals surface area contributed by atoms with E-state index < -0.39 is 15.9 Å². The summed E-state index contributed by atoms with van der Waals surface area (Å²) in [7, 11) is -2.45. The van der Waals surface area contributed by atoms with Gasteiger partial charge in [0.2, 0.25) is 15.2 Å². The molecule has 0 aliphatic rings. The van der Waals surface area contributed by atoms with Gasteiger partial charge in [0, 0.05) is 17.5 Å². The summed E-state index contributed by atoms with van der Waals surface area (Å²) in [6.45, 7) is 7.38. The first-order valence-corrected chi connectivity index (χ1v) is 10.3. The number of hydrogen-bond acceptors (Lipinski definition) is 7. The van der Waals surface area contributed by atoms with E-state index in [9.17, 15) is 13.2 Å². The number of methoxy groups -OCH3 is 1. The van der Waals surface area contributed by atoms with E-state index >= 15 is 0 Å². The number of anilines is 1. The molecule has 1 heterocycles. The summed E-state index contributed by atoms with van der Waals surface area (Å²) in [6.07, 6.45) is 0. The lowest BCUT2D eigenvalue weighted by molar-refractivity contribution is 0.102. The van der Waals surface area contributed by atoms with Gasteiger partial charge in [-0.2, -0.15) is 0 Å². The van der Waals surface area contributed by atoms with Crippen molar-refractivity contribution in [2.24, 2.45) is 0 Å². The van der Waals surface area contributed by atoms with E-state index in [2.05, 4.69) is 20.2 Å². The van der Waals surface area contributed by atoms with E-state index in [4.69, 9.17) is 4.74 Å². The lowest BCUT2D eigenvalue weighted by Gasteiger charge is -2.13. The Bertz CT molecular complexity index is 891. The van der Waals surface area contributed by atoms with Gasteiger partial charge in [-0.3, -0.25) is 10.1 Å². The van der Waals surface area contributed by atoms with E-state index in [1.54, 1.807) is 13.8 Å². The molecule has 8 nitrogen and oxygen atoms in total. The molecule has 10 heteroatoms. The van der Waals surface area contributed by atoms with Gasteiger partial charge in [0.05, 0.1) is 7.11 Å². The fourth-order valence-electron chi connectivity index (χ4n) is 2.09. The largest absolute Gasteiger partial charge is 0.495 e. The summed E-state index contributed by atoms with van der Waals surface area (Å²) in [5.41, 5.74) is 0.177. The van der Waals surface area contributed by atoms with Crippen molar-refractivity contribution in [2.75, 3.05) is 12.4 Å². The molecule has 1 aromatic carbocycles. The van der Waals surface area contributed by atoms with Crippen molar-refractivity contribution in [2.45, 2.75) is 44.6 Å². The van der Waals surface area contributed by atoms with Crippen molar-refractivity contribution >= 4 is 32.4 Å². The van der Waals surface area contributed by atoms with Gasteiger partial charge in [0.15, 0.2) is 0 Å². The Morgan fingerprint density at radius 3 is 2.42 bits per heavy atom. The van der Waals surface area contributed by atoms with Crippen LogP contribution in [0.15, 0.2) is 23.1 Å². The minimum absolute atomic E-state index is 0.0958. The van der Waals surface area contributed by atoms with Crippen molar-refractivity contribution in [1.82, 2.24) is 14.9 Å². The summed E-state index contributed by atoms with van der Waals surface area (Å²) in [5.74, 6) is -0.106. The highest BCUT2D eigenvalue weighted by Crippen LogP contribution is 2.26. The molecule has 2 rings (SSSR count). The lowest BCUT2D eigenvalue weighted by Crippen LogP contribution is -2.30. The average molecular weight is 399 g/mol. The van der Waals surface area contributed by atoms with E-state index in [1.165, 1.54) is 36.6 Å². The molecule has 26 heavy (non-hydrogen) atoms. The highest BCUT2D eigenvalue weighted by atomic mass is 32.2. The molecular weight excluding hydrogens is 376 g/mol. The van der Waals surface area contributed by atoms with Gasteiger partial charge in [-0.1, -0.05) is 25.2 Å². The Morgan fingerprint density at radius 1 is 1.19 bits per heavy atom. The molecule has 0 saturated heterocycles. The van der Waals surface area contributed by atoms with Crippen LogP contribution >= 0.6 is 11.3 Å². The molecule has 1 amide bonds. The predicted molar refractivity (Wildman–Crippen MR) is 100 cm³/mol. The minimum atomic E-state index is -3.82. The third kappa shape index (κ3) is 4.77. The second-order valence-electron chi connectivity index (χ2n) is 6.20. The average Bonchev–Trinajstić information content (AvgIpc) is 3.01. The van der Waals surface area contributed by atoms with Gasteiger partial charge < -0.3 is 4.74 Å². The monoisotopic (exact) mass is 398 g/mol. The highest BCUT2D eigenvalue weighted by Gasteiger charge is 2.23. The Balaban J connectivity index is 2.31. The molecule has 0 bridgehead atoms. The number of aromatic nitrogens is 2. The third-order valence-electron chi connectivity index (χ3n) is 3.26. The molecule has 142 valence electrons. The van der Waals surface area contributed by atoms with Crippen LogP contribution in [0.2, 0.25) is 0 Å². The molecule has 0 aliphatic heterocycles. The van der Waals surface area contributed by atoms with Crippen LogP contribution in [0.4, 0.5) is 5.13 Å². The second kappa shape index (κ2) is 8.11. The van der Waals surface area contributed by atoms with Crippen LogP contribution < -0.4 is 14.8 Å². The van der Waals surface area contributed by atoms with Gasteiger partial charge in [-0.25, -0.2) is 13.1 Å². The van der Waals surface area contributed by atoms with Gasteiger partial charge >= 0.3 is 0 Å². The Morgan fingerprint density at radius 2 is 1.88 bits per heavy atom. The van der Waals surface area contributed by atoms with Crippen molar-refractivity contribution in [3.05, 3.63) is 28.8 Å². The van der Waals surface area contributed by atoms with E-state index in [1.807, 2.05) is 13.8 Å². The zero-order valence-corrected chi connectivity index (χ0v) is 16.9. The van der Waals surface area contributed by atoms with E-state index in [-0.39, 0.29) is 28.2 Å². The van der Waals surface area contributed by atoms with Crippen LogP contribution in [-0.4, -0.2) is 37.7 Å². The van der Waals surface area contributed by atoms with Crippen LogP contribution in [-0.2, 0) is 10.0 Å². The molecule has 0 spiro atoms. The highest BCUT2D eigenvalue weighted by molar-refractivity contribution is 7.89. The SMILES string of the molecule is COc1ccc(C(=O)Nc2nnc(C(C)C)s2)cc1S(=O)(=O)NC(C)C. The number of amides is 1. The number of benzene rings is 1. The fraction of sp³-hybridized carbons (Fsp3) is 0.438. The smallest absolute Gasteiger partial charge is 0.257 e. The maximum absolute atomic E-state index is 12.5. The molecule has 0 aliphatic carbocycles. The molecule has 1 aromatic heterocycles. The van der Waals surface area contributed by atoms with Crippen molar-refractivity contribution in [3.8, 4) is 5.75 Å². The van der Waals surface area contributed by atoms with Crippen LogP contribution in [0.5, 0.6) is 5.75 Å². The van der Waals surface area contributed by atoms with Gasteiger partial charge in [-0.15, -0.1) is 10.2 Å². The molecular formula is C16H22N4O4S2. The number of sulfonamides is 1. The zero-order valence-electron chi connectivity index (χ0n) is 15.2. The van der Waals surface area contributed by atoms with Crippen LogP contribution in [0.3, 0.4) is 0 Å². The number of rotatable bonds is 7. The Hall–Kier alpha value is -2.04. The first kappa shape index (κ1) is 20.3. The molecule has 2 N–H and O–H groups in total. The number of nitrogens with one attached hydrogen (secondary N) is 2. The number of nitrogens with zero attached hydrogens (tertiary/aromatic N) is 2. The third-order valence-corrected chi connectivity index (χ3v) is 6.08. The first-order chi connectivity index (χ1) is 12.1. The summed E-state index contributed by atoms with van der Waals surface area (Å²) in [4.78, 5) is 12.4. The quantitative estimate of drug-likeness (QED) is 0.742. The number of carbonyl (C=O) groups is 1. The maximum atomic E-state index is 12.5. The van der Waals surface area contributed by atoms with Crippen molar-refractivity contribution < 1.29 is 17.9 Å². The van der Waals surface area contributed by atoms with Crippen molar-refractivity contribution in [1.29, 1.82) is 0 Å². The van der Waals surface area contributed by atoms with E-state index in [0.717, 1.165) is 5.01 Å². The molecule has 0 saturated carbocycles. The molecule has 0 fully saturated rings. The summed E-state index contributed by atoms with van der Waals surface area (Å²) in [5, 5.41) is 11.7. The molecule has 0 unspecified atom stereocenters. The summed E-state index contributed by atoms with van der Waals surface area (Å²) >= 11 is 1.28. The Kier molecular flexibility index (Phi) is 6.32. The summed E-state index contributed by atoms with van der Waals surface area (Å²) < 4.78 is 32.6. The van der Waals surface area contributed by atoms with Crippen LogP contribution in [0, 0.1) is 0 Å². The number of hydrogen-bond donors (Lipinski definition) is 2. The zero-order chi connectivity index (χ0) is 19.5. The minimum Gasteiger partial charge on any atom is -0.495 e. The molecule has 0 atom stereocenters. The van der Waals surface area contributed by atoms with Crippen molar-refractivity contribution in [3.63, 3.8) is 0 Å². The first-order valence-electron chi connectivity index (χ1n) is 7.99. The maximum Gasteiger partial charge on any atom is 0.257 e.